The van der Waals surface area contributed by atoms with Gasteiger partial charge in [0.2, 0.25) is 0 Å². The average molecular weight is 352 g/mol. The molecule has 0 saturated carbocycles. The fraction of sp³-hybridized carbons (Fsp3) is 0.308. The van der Waals surface area contributed by atoms with Gasteiger partial charge in [-0.05, 0) is 57.3 Å². The zero-order chi connectivity index (χ0) is 18.1. The molecule has 1 aromatic carbocycles. The van der Waals surface area contributed by atoms with E-state index in [2.05, 4.69) is 5.32 Å². The summed E-state index contributed by atoms with van der Waals surface area (Å²) in [7, 11) is 0. The van der Waals surface area contributed by atoms with Gasteiger partial charge in [-0.1, -0.05) is 0 Å². The zero-order valence-corrected chi connectivity index (χ0v) is 14.0. The van der Waals surface area contributed by atoms with E-state index in [1.165, 1.54) is 18.2 Å². The van der Waals surface area contributed by atoms with Gasteiger partial charge >= 0.3 is 0 Å². The smallest absolute Gasteiger partial charge is 0.178 e. The van der Waals surface area contributed by atoms with Gasteiger partial charge in [-0.3, -0.25) is 4.90 Å². The molecule has 1 aliphatic rings. The van der Waals surface area contributed by atoms with Crippen molar-refractivity contribution in [3.8, 4) is 0 Å². The summed E-state index contributed by atoms with van der Waals surface area (Å²) in [6.45, 7) is 5.72. The highest BCUT2D eigenvalue weighted by molar-refractivity contribution is 7.80. The molecule has 0 spiro atoms. The van der Waals surface area contributed by atoms with Gasteiger partial charge in [-0.15, -0.1) is 10.9 Å². The number of hydrogen-bond acceptors (Lipinski definition) is 5. The maximum atomic E-state index is 10.9. The Morgan fingerprint density at radius 3 is 2.38 bits per heavy atom. The molecule has 1 aliphatic heterocycles. The third-order valence-electron chi connectivity index (χ3n) is 3.22. The lowest BCUT2D eigenvalue weighted by Crippen LogP contribution is -2.53. The highest BCUT2D eigenvalue weighted by Gasteiger charge is 2.29. The van der Waals surface area contributed by atoms with Crippen molar-refractivity contribution in [2.75, 3.05) is 15.8 Å². The number of thiocarbonyl (C=S) groups is 1. The predicted molar refractivity (Wildman–Crippen MR) is 93.7 cm³/mol. The molecule has 10 nitrogen and oxygen atoms in total. The minimum absolute atomic E-state index is 0.0726. The molecule has 0 unspecified atom stereocenters. The number of nitrogens with zero attached hydrogens (tertiary/aromatic N) is 3. The van der Waals surface area contributed by atoms with Gasteiger partial charge in [-0.25, -0.2) is 20.2 Å². The molecule has 11 heteroatoms. The topological polar surface area (TPSA) is 126 Å². The third kappa shape index (κ3) is 3.87. The number of nitro groups is 2. The molecule has 1 heterocycles. The van der Waals surface area contributed by atoms with Crippen LogP contribution in [0.3, 0.4) is 0 Å². The minimum atomic E-state index is -0.744. The number of anilines is 3. The lowest BCUT2D eigenvalue weighted by Gasteiger charge is -2.38. The van der Waals surface area contributed by atoms with Crippen LogP contribution in [0.1, 0.15) is 20.8 Å². The van der Waals surface area contributed by atoms with Crippen molar-refractivity contribution >= 4 is 34.4 Å². The van der Waals surface area contributed by atoms with Crippen LogP contribution in [0.4, 0.5) is 17.1 Å². The Labute approximate surface area is 142 Å². The maximum Gasteiger partial charge on any atom is 0.178 e. The van der Waals surface area contributed by atoms with Crippen molar-refractivity contribution in [1.29, 1.82) is 0 Å². The molecule has 1 aromatic rings. The van der Waals surface area contributed by atoms with Crippen LogP contribution >= 0.6 is 12.2 Å². The number of hydrazine groups is 2. The van der Waals surface area contributed by atoms with E-state index in [-0.39, 0.29) is 16.9 Å². The first-order valence-corrected chi connectivity index (χ1v) is 7.28. The van der Waals surface area contributed by atoms with E-state index >= 15 is 0 Å². The first kappa shape index (κ1) is 17.4. The van der Waals surface area contributed by atoms with E-state index in [4.69, 9.17) is 12.2 Å². The number of hydrogen-bond donors (Lipinski definition) is 3. The zero-order valence-electron chi connectivity index (χ0n) is 13.2. The summed E-state index contributed by atoms with van der Waals surface area (Å²) in [4.78, 5) is 23.0. The van der Waals surface area contributed by atoms with Gasteiger partial charge in [0.05, 0.1) is 11.2 Å². The van der Waals surface area contributed by atoms with Crippen LogP contribution in [0.5, 0.6) is 0 Å². The maximum absolute atomic E-state index is 10.9. The first-order chi connectivity index (χ1) is 11.1. The van der Waals surface area contributed by atoms with Crippen LogP contribution in [0.2, 0.25) is 0 Å². The van der Waals surface area contributed by atoms with Crippen molar-refractivity contribution < 1.29 is 10.1 Å². The number of nitrogens with one attached hydrogen (secondary N) is 3. The van der Waals surface area contributed by atoms with E-state index < -0.39 is 10.1 Å². The monoisotopic (exact) mass is 352 g/mol. The van der Waals surface area contributed by atoms with E-state index in [0.717, 1.165) is 5.70 Å². The Morgan fingerprint density at radius 2 is 1.83 bits per heavy atom. The van der Waals surface area contributed by atoms with Crippen LogP contribution in [0, 0.1) is 20.2 Å². The van der Waals surface area contributed by atoms with Crippen molar-refractivity contribution in [2.45, 2.75) is 26.3 Å². The van der Waals surface area contributed by atoms with Gasteiger partial charge in [0.25, 0.3) is 0 Å². The lowest BCUT2D eigenvalue weighted by atomic mass is 10.0. The molecule has 0 aliphatic carbocycles. The van der Waals surface area contributed by atoms with Crippen molar-refractivity contribution in [3.05, 3.63) is 50.2 Å². The van der Waals surface area contributed by atoms with E-state index in [9.17, 15) is 20.2 Å². The van der Waals surface area contributed by atoms with Crippen LogP contribution in [0.25, 0.3) is 0 Å². The van der Waals surface area contributed by atoms with Gasteiger partial charge in [-0.2, -0.15) is 0 Å². The highest BCUT2D eigenvalue weighted by atomic mass is 32.1. The summed E-state index contributed by atoms with van der Waals surface area (Å²) in [5.74, 6) is 0. The largest absolute Gasteiger partial charge is 0.354 e. The lowest BCUT2D eigenvalue weighted by molar-refractivity contribution is -0.446. The van der Waals surface area contributed by atoms with Gasteiger partial charge in [0.15, 0.2) is 15.2 Å². The predicted octanol–water partition coefficient (Wildman–Crippen LogP) is 2.27. The van der Waals surface area contributed by atoms with Crippen LogP contribution in [0.15, 0.2) is 30.0 Å². The molecule has 0 saturated heterocycles. The molecule has 128 valence electrons. The Morgan fingerprint density at radius 1 is 1.21 bits per heavy atom. The summed E-state index contributed by atoms with van der Waals surface area (Å²) in [5, 5.41) is 23.4. The first-order valence-electron chi connectivity index (χ1n) is 6.87. The molecule has 0 bridgehead atoms. The molecule has 0 amide bonds. The SMILES string of the molecule is CC1=CC(C)(C)NC(=S)N1c1ccc(N[N+](=O)[O-])cc1N[N+](=O)[O-]. The van der Waals surface area contributed by atoms with E-state index in [0.29, 0.717) is 10.8 Å². The van der Waals surface area contributed by atoms with Gasteiger partial charge in [0, 0.05) is 5.70 Å². The van der Waals surface area contributed by atoms with Crippen molar-refractivity contribution in [1.82, 2.24) is 5.32 Å². The summed E-state index contributed by atoms with van der Waals surface area (Å²) in [6.07, 6.45) is 1.93. The van der Waals surface area contributed by atoms with Crippen molar-refractivity contribution in [2.24, 2.45) is 0 Å². The molecule has 0 atom stereocenters. The van der Waals surface area contributed by atoms with Crippen LogP contribution in [-0.2, 0) is 0 Å². The van der Waals surface area contributed by atoms with Crippen LogP contribution in [-0.4, -0.2) is 20.7 Å². The minimum Gasteiger partial charge on any atom is -0.354 e. The second-order valence-corrected chi connectivity index (χ2v) is 6.13. The summed E-state index contributed by atoms with van der Waals surface area (Å²) < 4.78 is 0. The number of rotatable bonds is 5. The quantitative estimate of drug-likeness (QED) is 0.415. The molecule has 3 N–H and O–H groups in total. The molecule has 2 rings (SSSR count). The number of benzene rings is 1. The van der Waals surface area contributed by atoms with Crippen LogP contribution < -0.4 is 21.1 Å². The number of allylic oxidation sites excluding steroid dienone is 1. The normalized spacial score (nSPS) is 16.0. The van der Waals surface area contributed by atoms with Gasteiger partial charge in [0.1, 0.15) is 11.4 Å². The Bertz CT molecular complexity index is 748. The Kier molecular flexibility index (Phi) is 4.55. The summed E-state index contributed by atoms with van der Waals surface area (Å²) >= 11 is 5.36. The molecule has 0 fully saturated rings. The highest BCUT2D eigenvalue weighted by Crippen LogP contribution is 2.34. The van der Waals surface area contributed by atoms with E-state index in [1.807, 2.05) is 37.7 Å². The third-order valence-corrected chi connectivity index (χ3v) is 3.51. The van der Waals surface area contributed by atoms with Gasteiger partial charge < -0.3 is 5.32 Å². The average Bonchev–Trinajstić information content (AvgIpc) is 2.37. The van der Waals surface area contributed by atoms with Crippen molar-refractivity contribution in [3.63, 3.8) is 0 Å². The molecule has 24 heavy (non-hydrogen) atoms. The molecular formula is C13H16N6O4S. The molecule has 0 radical (unpaired) electrons. The van der Waals surface area contributed by atoms with E-state index in [1.54, 1.807) is 4.90 Å². The molecule has 0 aromatic heterocycles. The Hall–Kier alpha value is -2.95. The molecular weight excluding hydrogens is 336 g/mol. The fourth-order valence-electron chi connectivity index (χ4n) is 2.51. The summed E-state index contributed by atoms with van der Waals surface area (Å²) in [6, 6.07) is 4.23. The standard InChI is InChI=1S/C13H16N6O4S/c1-8-7-13(2,3)14-12(24)17(8)11-5-4-9(15-18(20)21)6-10(11)16-19(22)23/h4-7,15-16H,1-3H3,(H,14,24). The second kappa shape index (κ2) is 6.28. The Balaban J connectivity index is 2.50. The fourth-order valence-corrected chi connectivity index (χ4v) is 3.01. The second-order valence-electron chi connectivity index (χ2n) is 5.74. The summed E-state index contributed by atoms with van der Waals surface area (Å²) in [5.41, 5.74) is 5.03.